The number of aliphatic hydroxyl groups is 2. The van der Waals surface area contributed by atoms with Crippen LogP contribution < -0.4 is 11.1 Å². The Bertz CT molecular complexity index is 2290. The van der Waals surface area contributed by atoms with Crippen LogP contribution in [0.3, 0.4) is 0 Å². The van der Waals surface area contributed by atoms with Crippen LogP contribution in [0, 0.1) is 29.6 Å². The van der Waals surface area contributed by atoms with Gasteiger partial charge in [-0.2, -0.15) is 0 Å². The number of nitrogens with two attached hydrogens (primary N) is 1. The number of thioether (sulfide) groups is 1. The Hall–Kier alpha value is -3.66. The third kappa shape index (κ3) is 10.5. The van der Waals surface area contributed by atoms with Gasteiger partial charge in [-0.3, -0.25) is 24.2 Å². The Morgan fingerprint density at radius 3 is 2.33 bits per heavy atom. The molecule has 1 amide bonds. The van der Waals surface area contributed by atoms with E-state index in [-0.39, 0.29) is 75.7 Å². The van der Waals surface area contributed by atoms with Crippen LogP contribution in [-0.2, 0) is 44.6 Å². The van der Waals surface area contributed by atoms with E-state index in [1.165, 1.54) is 43.8 Å². The predicted octanol–water partition coefficient (Wildman–Crippen LogP) is 5.42. The number of ketones is 1. The van der Waals surface area contributed by atoms with Gasteiger partial charge in [0.15, 0.2) is 17.7 Å². The lowest BCUT2D eigenvalue weighted by Gasteiger charge is -2.48. The number of hydrogen-bond acceptors (Lipinski definition) is 17. The van der Waals surface area contributed by atoms with Crippen LogP contribution in [0.5, 0.6) is 0 Å². The molecule has 0 aromatic carbocycles. The summed E-state index contributed by atoms with van der Waals surface area (Å²) in [4.78, 5) is 71.5. The number of esters is 2. The molecule has 3 aromatic heterocycles. The number of rotatable bonds is 11. The van der Waals surface area contributed by atoms with Crippen LogP contribution in [0.4, 0.5) is 11.5 Å². The number of aryl methyl sites for hydroxylation is 1. The van der Waals surface area contributed by atoms with E-state index in [2.05, 4.69) is 20.3 Å². The van der Waals surface area contributed by atoms with Crippen molar-refractivity contribution in [2.45, 2.75) is 141 Å². The lowest BCUT2D eigenvalue weighted by Crippen LogP contribution is -2.60. The molecule has 5 N–H and O–H groups in total. The van der Waals surface area contributed by atoms with Crippen molar-refractivity contribution in [2.24, 2.45) is 29.6 Å². The van der Waals surface area contributed by atoms with Crippen molar-refractivity contribution in [3.8, 4) is 0 Å². The summed E-state index contributed by atoms with van der Waals surface area (Å²) >= 11 is 13.9. The molecule has 3 saturated heterocycles. The molecule has 0 bridgehead atoms. The molecule has 15 atom stereocenters. The van der Waals surface area contributed by atoms with Crippen LogP contribution in [-0.4, -0.2) is 145 Å². The quantitative estimate of drug-likeness (QED) is 0.176. The fourth-order valence-corrected chi connectivity index (χ4v) is 12.2. The summed E-state index contributed by atoms with van der Waals surface area (Å²) < 4.78 is 33.3. The molecule has 0 radical (unpaired) electrons. The number of halogens is 2. The molecule has 0 spiro atoms. The molecular weight excluding hydrogens is 930 g/mol. The Morgan fingerprint density at radius 1 is 1.03 bits per heavy atom. The van der Waals surface area contributed by atoms with E-state index in [1.54, 1.807) is 53.0 Å². The number of aromatic nitrogens is 4. The highest BCUT2D eigenvalue weighted by atomic mass is 35.5. The number of pyridine rings is 2. The van der Waals surface area contributed by atoms with E-state index in [0.29, 0.717) is 11.9 Å². The van der Waals surface area contributed by atoms with Gasteiger partial charge < -0.3 is 54.4 Å². The van der Waals surface area contributed by atoms with Gasteiger partial charge in [0.05, 0.1) is 63.0 Å². The van der Waals surface area contributed by atoms with Crippen LogP contribution in [0.2, 0.25) is 10.0 Å². The Labute approximate surface area is 405 Å². The normalized spacial score (nSPS) is 35.5. The number of likely N-dealkylation sites (N-methyl/N-ethyl adjacent to an activating group) is 1. The van der Waals surface area contributed by atoms with Gasteiger partial charge in [0.2, 0.25) is 0 Å². The van der Waals surface area contributed by atoms with Crippen LogP contribution in [0.15, 0.2) is 24.9 Å². The van der Waals surface area contributed by atoms with Crippen molar-refractivity contribution in [3.05, 3.63) is 40.5 Å². The highest BCUT2D eigenvalue weighted by Gasteiger charge is 2.61. The summed E-state index contributed by atoms with van der Waals surface area (Å²) in [5.74, 6) is -5.90. The Kier molecular flexibility index (Phi) is 16.6. The number of carbonyl (C=O) groups excluding carboxylic acids is 4. The van der Waals surface area contributed by atoms with Gasteiger partial charge in [0.25, 0.3) is 5.91 Å². The molecule has 67 heavy (non-hydrogen) atoms. The zero-order valence-electron chi connectivity index (χ0n) is 39.9. The number of ether oxygens (including phenoxy) is 5. The first-order valence-electron chi connectivity index (χ1n) is 22.7. The summed E-state index contributed by atoms with van der Waals surface area (Å²) in [5.41, 5.74) is 4.44. The number of fused-ring (bicyclic) bond motifs is 2. The molecule has 0 saturated carbocycles. The van der Waals surface area contributed by atoms with Crippen LogP contribution >= 0.6 is 35.0 Å². The number of nitrogens with one attached hydrogen (secondary N) is 1. The summed E-state index contributed by atoms with van der Waals surface area (Å²) in [6.45, 7) is 14.3. The van der Waals surface area contributed by atoms with E-state index < -0.39 is 94.6 Å². The minimum absolute atomic E-state index is 0.0978. The van der Waals surface area contributed by atoms with E-state index in [0.717, 1.165) is 0 Å². The maximum Gasteiger partial charge on any atom is 0.320 e. The van der Waals surface area contributed by atoms with Crippen molar-refractivity contribution >= 4 is 81.1 Å². The minimum atomic E-state index is -1.46. The molecule has 370 valence electrons. The second-order valence-corrected chi connectivity index (χ2v) is 21.0. The second-order valence-electron chi connectivity index (χ2n) is 19.0. The Balaban J connectivity index is 1.32. The molecule has 6 heterocycles. The first kappa shape index (κ1) is 52.7. The number of nitrogens with zero attached hydrogens (tertiary/aromatic N) is 5. The molecule has 0 aliphatic carbocycles. The zero-order valence-corrected chi connectivity index (χ0v) is 42.2. The summed E-state index contributed by atoms with van der Waals surface area (Å²) in [6, 6.07) is -0.295. The van der Waals surface area contributed by atoms with E-state index in [4.69, 9.17) is 52.6 Å². The number of hydrogen-bond donors (Lipinski definition) is 4. The third-order valence-electron chi connectivity index (χ3n) is 14.2. The van der Waals surface area contributed by atoms with Crippen LogP contribution in [0.1, 0.15) is 85.0 Å². The molecule has 3 aromatic rings. The molecule has 3 fully saturated rings. The predicted molar refractivity (Wildman–Crippen MR) is 254 cm³/mol. The number of aliphatic hydroxyl groups excluding tert-OH is 2. The van der Waals surface area contributed by atoms with Gasteiger partial charge in [0, 0.05) is 67.7 Å². The SMILES string of the molecule is CC[C@H]1OC(=O)[C@H](C)[C@@H](O)[C@H](C)[C@@H](O[C@@H]2O[C@H](C)C[C@H](N(C)C)[C@H]2O)[C@](C)(OC)C[C@@H](C)C(=O)[C@H](C)[C@H]2[C@H](SCCn3cnc4c(N)ncc(C(=O)Nc5c(Cl)cncc5Cl)c43)C(=O)O[C@@]21C. The molecule has 6 rings (SSSR count). The number of methoxy groups -OCH3 is 1. The molecule has 21 heteroatoms. The number of anilines is 2. The summed E-state index contributed by atoms with van der Waals surface area (Å²) in [6.07, 6.45) is 0.633. The average Bonchev–Trinajstić information content (AvgIpc) is 3.82. The monoisotopic (exact) mass is 993 g/mol. The lowest BCUT2D eigenvalue weighted by molar-refractivity contribution is -0.301. The summed E-state index contributed by atoms with van der Waals surface area (Å²) in [7, 11) is 5.23. The topological polar surface area (TPSA) is 240 Å². The van der Waals surface area contributed by atoms with Crippen molar-refractivity contribution < 1.29 is 53.1 Å². The van der Waals surface area contributed by atoms with E-state index in [9.17, 15) is 29.4 Å². The number of carbonyl (C=O) groups is 4. The fourth-order valence-electron chi connectivity index (χ4n) is 10.3. The Morgan fingerprint density at radius 2 is 1.70 bits per heavy atom. The van der Waals surface area contributed by atoms with Gasteiger partial charge >= 0.3 is 11.9 Å². The fraction of sp³-hybridized carbons (Fsp3) is 0.674. The van der Waals surface area contributed by atoms with Gasteiger partial charge in [-0.15, -0.1) is 11.8 Å². The number of nitrogen functional groups attached to an aromatic ring is 1. The maximum absolute atomic E-state index is 14.9. The molecule has 3 aliphatic rings. The van der Waals surface area contributed by atoms with E-state index in [1.807, 2.05) is 25.9 Å². The number of cyclic esters (lactones) is 1. The molecule has 3 aliphatic heterocycles. The second kappa shape index (κ2) is 21.1. The lowest BCUT2D eigenvalue weighted by atomic mass is 9.70. The highest BCUT2D eigenvalue weighted by Crippen LogP contribution is 2.49. The number of imidazole rings is 1. The van der Waals surface area contributed by atoms with Gasteiger partial charge in [-0.1, -0.05) is 50.9 Å². The van der Waals surface area contributed by atoms with Gasteiger partial charge in [-0.05, 0) is 61.1 Å². The average molecular weight is 995 g/mol. The highest BCUT2D eigenvalue weighted by molar-refractivity contribution is 8.00. The zero-order chi connectivity index (χ0) is 49.4. The van der Waals surface area contributed by atoms with Crippen molar-refractivity contribution in [3.63, 3.8) is 0 Å². The smallest absolute Gasteiger partial charge is 0.320 e. The van der Waals surface area contributed by atoms with E-state index >= 15 is 0 Å². The summed E-state index contributed by atoms with van der Waals surface area (Å²) in [5, 5.41) is 25.6. The van der Waals surface area contributed by atoms with Gasteiger partial charge in [0.1, 0.15) is 28.8 Å². The molecule has 18 nitrogen and oxygen atoms in total. The molecule has 0 unspecified atom stereocenters. The maximum atomic E-state index is 14.9. The van der Waals surface area contributed by atoms with Crippen molar-refractivity contribution in [1.82, 2.24) is 24.4 Å². The standard InChI is InChI=1S/C46H65Cl2N7O11S/c1-12-30-46(8)31(38(43(61)66-46)67-14-13-55-20-52-33-34(55)26(17-51-40(33)49)41(59)53-32-27(47)18-50-19-28(32)48)23(4)35(56)21(2)16-45(7,62-11)39(24(5)36(57)25(6)42(60)64-30)65-44-37(58)29(54(9)10)15-22(3)63-44/h17-25,29-31,36-39,44,57-58H,12-16H2,1-11H3,(H2,49,51)(H,50,53,59)/t21-,22-,23-,24+,25-,29+,30-,31+,36+,37-,38+,39-,44+,45-,46-/m1/s1. The molecular formula is C46H65Cl2N7O11S. The van der Waals surface area contributed by atoms with Crippen molar-refractivity contribution in [1.29, 1.82) is 0 Å². The largest absolute Gasteiger partial charge is 0.458 e. The first-order valence-corrected chi connectivity index (χ1v) is 24.5. The minimum Gasteiger partial charge on any atom is -0.458 e. The van der Waals surface area contributed by atoms with Gasteiger partial charge in [-0.25, -0.2) is 9.97 Å². The number of Topliss-reactive ketones (excluding diaryl/α,β-unsaturated/α-hetero) is 1. The van der Waals surface area contributed by atoms with Crippen LogP contribution in [0.25, 0.3) is 11.0 Å². The van der Waals surface area contributed by atoms with Crippen molar-refractivity contribution in [2.75, 3.05) is 38.0 Å². The first-order chi connectivity index (χ1) is 31.5. The third-order valence-corrected chi connectivity index (χ3v) is 16.0. The number of amides is 1.